The number of benzene rings is 2. The Morgan fingerprint density at radius 2 is 1.68 bits per heavy atom. The van der Waals surface area contributed by atoms with E-state index in [9.17, 15) is 10.3 Å². The number of nitrogens with zero attached hydrogens (tertiary/aromatic N) is 4. The largest absolute Gasteiger partial charge is 0.426 e. The predicted octanol–water partition coefficient (Wildman–Crippen LogP) is 6.09. The summed E-state index contributed by atoms with van der Waals surface area (Å²) in [6.07, 6.45) is 3.50. The predicted molar refractivity (Wildman–Crippen MR) is 124 cm³/mol. The van der Waals surface area contributed by atoms with E-state index in [2.05, 4.69) is 15.0 Å². The van der Waals surface area contributed by atoms with Crippen LogP contribution in [0.5, 0.6) is 0 Å². The van der Waals surface area contributed by atoms with Crippen LogP contribution in [0.3, 0.4) is 0 Å². The van der Waals surface area contributed by atoms with Crippen LogP contribution in [0.15, 0.2) is 53.8 Å². The molecule has 0 bridgehead atoms. The summed E-state index contributed by atoms with van der Waals surface area (Å²) < 4.78 is 0.936. The van der Waals surface area contributed by atoms with Crippen LogP contribution < -0.4 is 0 Å². The first-order valence-electron chi connectivity index (χ1n) is 8.97. The van der Waals surface area contributed by atoms with Crippen LogP contribution in [0.4, 0.5) is 0 Å². The van der Waals surface area contributed by atoms with E-state index in [0.717, 1.165) is 4.73 Å². The van der Waals surface area contributed by atoms with Gasteiger partial charge in [-0.05, 0) is 42.2 Å². The minimum Gasteiger partial charge on any atom is -0.426 e. The van der Waals surface area contributed by atoms with Gasteiger partial charge in [0.05, 0.1) is 27.9 Å². The van der Waals surface area contributed by atoms with Gasteiger partial charge >= 0.3 is 0 Å². The summed E-state index contributed by atoms with van der Waals surface area (Å²) in [7, 11) is 0. The molecule has 31 heavy (non-hydrogen) atoms. The average molecular weight is 494 g/mol. The lowest BCUT2D eigenvalue weighted by atomic mass is 10.1. The Morgan fingerprint density at radius 1 is 1.00 bits per heavy atom. The van der Waals surface area contributed by atoms with E-state index >= 15 is 0 Å². The first-order chi connectivity index (χ1) is 14.9. The maximum Gasteiger partial charge on any atom is 0.187 e. The number of thioether (sulfide) groups is 1. The van der Waals surface area contributed by atoms with Crippen LogP contribution in [-0.4, -0.2) is 36.3 Å². The van der Waals surface area contributed by atoms with Gasteiger partial charge in [0.1, 0.15) is 11.4 Å². The Balaban J connectivity index is 2.00. The number of hydrogen-bond acceptors (Lipinski definition) is 6. The molecule has 0 amide bonds. The standard InChI is InChI=1S/C21H15Cl3N4O2S/c1-31-21-25-7-6-16(26-21)18-19(12-2-4-13(22)5-3-12)28(30)20(27-18)17-14(23)8-11(10-29)9-15(17)24/h2-9,29-30H,10H2,1H3. The lowest BCUT2D eigenvalue weighted by Gasteiger charge is -2.10. The van der Waals surface area contributed by atoms with Gasteiger partial charge in [0.15, 0.2) is 11.0 Å². The molecular weight excluding hydrogens is 479 g/mol. The minimum absolute atomic E-state index is 0.142. The summed E-state index contributed by atoms with van der Waals surface area (Å²) >= 11 is 20.3. The molecule has 2 aromatic heterocycles. The van der Waals surface area contributed by atoms with Crippen molar-refractivity contribution in [2.24, 2.45) is 0 Å². The van der Waals surface area contributed by atoms with Crippen LogP contribution in [0.1, 0.15) is 5.56 Å². The van der Waals surface area contributed by atoms with Crippen molar-refractivity contribution in [3.63, 3.8) is 0 Å². The molecule has 0 saturated heterocycles. The van der Waals surface area contributed by atoms with E-state index in [1.807, 2.05) is 6.26 Å². The number of rotatable bonds is 5. The first-order valence-corrected chi connectivity index (χ1v) is 11.3. The molecule has 0 aliphatic carbocycles. The van der Waals surface area contributed by atoms with Crippen molar-refractivity contribution in [1.29, 1.82) is 0 Å². The molecule has 2 N–H and O–H groups in total. The van der Waals surface area contributed by atoms with Gasteiger partial charge in [-0.15, -0.1) is 0 Å². The van der Waals surface area contributed by atoms with Crippen molar-refractivity contribution < 1.29 is 10.3 Å². The molecular formula is C21H15Cl3N4O2S. The number of aliphatic hydroxyl groups is 1. The first kappa shape index (κ1) is 21.9. The van der Waals surface area contributed by atoms with Crippen molar-refractivity contribution in [1.82, 2.24) is 19.7 Å². The number of halogens is 3. The fourth-order valence-corrected chi connectivity index (χ4v) is 4.30. The summed E-state index contributed by atoms with van der Waals surface area (Å²) in [5, 5.41) is 22.2. The van der Waals surface area contributed by atoms with Gasteiger partial charge in [0.2, 0.25) is 0 Å². The van der Waals surface area contributed by atoms with Gasteiger partial charge in [-0.3, -0.25) is 0 Å². The Hall–Kier alpha value is -2.29. The zero-order valence-electron chi connectivity index (χ0n) is 16.1. The molecule has 0 spiro atoms. The highest BCUT2D eigenvalue weighted by molar-refractivity contribution is 7.98. The van der Waals surface area contributed by atoms with E-state index in [0.29, 0.717) is 44.0 Å². The fourth-order valence-electron chi connectivity index (χ4n) is 3.12. The summed E-state index contributed by atoms with van der Waals surface area (Å²) in [6.45, 7) is -0.215. The van der Waals surface area contributed by atoms with Crippen molar-refractivity contribution in [3.05, 3.63) is 69.3 Å². The second-order valence-electron chi connectivity index (χ2n) is 6.47. The molecule has 4 rings (SSSR count). The molecule has 0 fully saturated rings. The van der Waals surface area contributed by atoms with Gasteiger partial charge < -0.3 is 10.3 Å². The maximum absolute atomic E-state index is 11.2. The van der Waals surface area contributed by atoms with Crippen LogP contribution in [0.25, 0.3) is 34.0 Å². The van der Waals surface area contributed by atoms with E-state index in [1.54, 1.807) is 48.7 Å². The molecule has 158 valence electrons. The van der Waals surface area contributed by atoms with Gasteiger partial charge in [-0.25, -0.2) is 15.0 Å². The third-order valence-corrected chi connectivity index (χ3v) is 5.95. The molecule has 10 heteroatoms. The lowest BCUT2D eigenvalue weighted by molar-refractivity contribution is 0.195. The summed E-state index contributed by atoms with van der Waals surface area (Å²) in [6, 6.07) is 11.9. The molecule has 0 saturated carbocycles. The number of aliphatic hydroxyl groups excluding tert-OH is 1. The quantitative estimate of drug-likeness (QED) is 0.199. The zero-order chi connectivity index (χ0) is 22.1. The monoisotopic (exact) mass is 492 g/mol. The van der Waals surface area contributed by atoms with Crippen molar-refractivity contribution in [2.45, 2.75) is 11.8 Å². The summed E-state index contributed by atoms with van der Waals surface area (Å²) in [5.74, 6) is 0.142. The second kappa shape index (κ2) is 9.06. The van der Waals surface area contributed by atoms with Crippen molar-refractivity contribution in [3.8, 4) is 34.0 Å². The maximum atomic E-state index is 11.2. The van der Waals surface area contributed by atoms with E-state index in [-0.39, 0.29) is 22.5 Å². The lowest BCUT2D eigenvalue weighted by Crippen LogP contribution is -1.99. The molecule has 0 unspecified atom stereocenters. The summed E-state index contributed by atoms with van der Waals surface area (Å²) in [4.78, 5) is 13.4. The van der Waals surface area contributed by atoms with E-state index in [4.69, 9.17) is 34.8 Å². The number of aromatic nitrogens is 4. The highest BCUT2D eigenvalue weighted by atomic mass is 35.5. The molecule has 0 aliphatic rings. The Labute approximate surface area is 197 Å². The Morgan fingerprint density at radius 3 is 2.29 bits per heavy atom. The van der Waals surface area contributed by atoms with Crippen molar-refractivity contribution >= 4 is 46.6 Å². The van der Waals surface area contributed by atoms with Gasteiger partial charge in [-0.1, -0.05) is 58.7 Å². The molecule has 0 aliphatic heterocycles. The fraction of sp³-hybridized carbons (Fsp3) is 0.0952. The highest BCUT2D eigenvalue weighted by Crippen LogP contribution is 2.40. The van der Waals surface area contributed by atoms with Crippen LogP contribution in [0.2, 0.25) is 15.1 Å². The van der Waals surface area contributed by atoms with E-state index in [1.165, 1.54) is 11.8 Å². The third-order valence-electron chi connectivity index (χ3n) is 4.54. The van der Waals surface area contributed by atoms with Crippen molar-refractivity contribution in [2.75, 3.05) is 6.26 Å². The van der Waals surface area contributed by atoms with Gasteiger partial charge in [0, 0.05) is 16.8 Å². The van der Waals surface area contributed by atoms with Crippen LogP contribution in [0, 0.1) is 0 Å². The average Bonchev–Trinajstić information content (AvgIpc) is 3.10. The Kier molecular flexibility index (Phi) is 6.41. The molecule has 2 heterocycles. The van der Waals surface area contributed by atoms with E-state index < -0.39 is 0 Å². The molecule has 0 atom stereocenters. The highest BCUT2D eigenvalue weighted by Gasteiger charge is 2.25. The second-order valence-corrected chi connectivity index (χ2v) is 8.50. The van der Waals surface area contributed by atoms with Gasteiger partial charge in [-0.2, -0.15) is 4.73 Å². The minimum atomic E-state index is -0.215. The topological polar surface area (TPSA) is 84.1 Å². The van der Waals surface area contributed by atoms with Crippen LogP contribution in [-0.2, 0) is 6.61 Å². The number of imidazole rings is 1. The summed E-state index contributed by atoms with van der Waals surface area (Å²) in [5.41, 5.74) is 2.91. The molecule has 4 aromatic rings. The third kappa shape index (κ3) is 4.24. The van der Waals surface area contributed by atoms with Crippen LogP contribution >= 0.6 is 46.6 Å². The smallest absolute Gasteiger partial charge is 0.187 e. The molecule has 0 radical (unpaired) electrons. The number of hydrogen-bond donors (Lipinski definition) is 2. The molecule has 6 nitrogen and oxygen atoms in total. The zero-order valence-corrected chi connectivity index (χ0v) is 19.1. The Bertz CT molecular complexity index is 1240. The SMILES string of the molecule is CSc1nccc(-c2nc(-c3c(Cl)cc(CO)cc3Cl)n(O)c2-c2ccc(Cl)cc2)n1. The normalized spacial score (nSPS) is 11.1. The molecule has 2 aromatic carbocycles. The van der Waals surface area contributed by atoms with Gasteiger partial charge in [0.25, 0.3) is 0 Å².